The van der Waals surface area contributed by atoms with E-state index in [0.717, 1.165) is 43.8 Å². The van der Waals surface area contributed by atoms with Crippen molar-refractivity contribution in [2.45, 2.75) is 25.6 Å². The van der Waals surface area contributed by atoms with Crippen LogP contribution in [0.15, 0.2) is 29.3 Å². The van der Waals surface area contributed by atoms with Crippen LogP contribution in [0, 0.1) is 0 Å². The Morgan fingerprint density at radius 2 is 1.87 bits per heavy atom. The van der Waals surface area contributed by atoms with Gasteiger partial charge in [-0.2, -0.15) is 13.2 Å². The number of nitrogens with one attached hydrogen (secondary N) is 2. The number of guanidine groups is 1. The monoisotopic (exact) mass is 544 g/mol. The molecular formula is C20H32F3IN4O2. The van der Waals surface area contributed by atoms with E-state index in [0.29, 0.717) is 38.9 Å². The number of aliphatic imine (C=N–C) groups is 1. The topological polar surface area (TPSA) is 58.1 Å². The quantitative estimate of drug-likeness (QED) is 0.217. The maximum atomic E-state index is 12.9. The van der Waals surface area contributed by atoms with Crippen molar-refractivity contribution in [2.24, 2.45) is 4.99 Å². The van der Waals surface area contributed by atoms with E-state index in [9.17, 15) is 13.2 Å². The number of rotatable bonds is 9. The normalized spacial score (nSPS) is 16.6. The molecule has 1 aromatic carbocycles. The first-order valence-electron chi connectivity index (χ1n) is 9.97. The summed E-state index contributed by atoms with van der Waals surface area (Å²) in [4.78, 5) is 6.45. The number of hydrogen-bond acceptors (Lipinski definition) is 4. The van der Waals surface area contributed by atoms with Gasteiger partial charge in [0.25, 0.3) is 0 Å². The molecule has 2 N–H and O–H groups in total. The van der Waals surface area contributed by atoms with Gasteiger partial charge in [0.15, 0.2) is 5.96 Å². The number of morpholine rings is 1. The van der Waals surface area contributed by atoms with Gasteiger partial charge in [-0.05, 0) is 31.0 Å². The Balaban J connectivity index is 0.00000450. The molecule has 2 rings (SSSR count). The highest BCUT2D eigenvalue weighted by Gasteiger charge is 2.31. The van der Waals surface area contributed by atoms with Gasteiger partial charge in [-0.3, -0.25) is 9.89 Å². The predicted molar refractivity (Wildman–Crippen MR) is 122 cm³/mol. The van der Waals surface area contributed by atoms with Crippen molar-refractivity contribution in [3.8, 4) is 0 Å². The number of benzene rings is 1. The molecule has 1 aromatic rings. The van der Waals surface area contributed by atoms with E-state index in [1.54, 1.807) is 19.2 Å². The van der Waals surface area contributed by atoms with Gasteiger partial charge in [0.05, 0.1) is 24.8 Å². The van der Waals surface area contributed by atoms with Crippen molar-refractivity contribution < 1.29 is 22.6 Å². The summed E-state index contributed by atoms with van der Waals surface area (Å²) in [7, 11) is 1.69. The fourth-order valence-corrected chi connectivity index (χ4v) is 3.18. The fraction of sp³-hybridized carbons (Fsp3) is 0.650. The van der Waals surface area contributed by atoms with Crippen LogP contribution in [0.4, 0.5) is 13.2 Å². The highest BCUT2D eigenvalue weighted by atomic mass is 127. The largest absolute Gasteiger partial charge is 0.416 e. The van der Waals surface area contributed by atoms with E-state index in [2.05, 4.69) is 20.5 Å². The van der Waals surface area contributed by atoms with Crippen molar-refractivity contribution in [3.63, 3.8) is 0 Å². The molecule has 1 unspecified atom stereocenters. The summed E-state index contributed by atoms with van der Waals surface area (Å²) in [5.41, 5.74) is 0.195. The van der Waals surface area contributed by atoms with E-state index in [4.69, 9.17) is 9.47 Å². The fourth-order valence-electron chi connectivity index (χ4n) is 3.18. The molecule has 1 heterocycles. The second kappa shape index (κ2) is 14.0. The Morgan fingerprint density at radius 1 is 1.20 bits per heavy atom. The van der Waals surface area contributed by atoms with Gasteiger partial charge in [-0.15, -0.1) is 24.0 Å². The number of alkyl halides is 3. The SMILES string of the molecule is CCOCCCNC(=NC)NCC(c1ccc(C(F)(F)F)cc1)N1CCOCC1.I. The molecule has 0 aliphatic carbocycles. The van der Waals surface area contributed by atoms with Crippen LogP contribution >= 0.6 is 24.0 Å². The number of ether oxygens (including phenoxy) is 2. The molecule has 0 aromatic heterocycles. The molecule has 0 amide bonds. The van der Waals surface area contributed by atoms with Gasteiger partial charge in [0.1, 0.15) is 0 Å². The standard InChI is InChI=1S/C20H31F3N4O2.HI/c1-3-28-12-4-9-25-19(24-2)26-15-18(27-10-13-29-14-11-27)16-5-7-17(8-6-16)20(21,22)23;/h5-8,18H,3-4,9-15H2,1-2H3,(H2,24,25,26);1H. The van der Waals surface area contributed by atoms with E-state index in [1.807, 2.05) is 6.92 Å². The molecule has 1 aliphatic rings. The lowest BCUT2D eigenvalue weighted by Crippen LogP contribution is -2.46. The first-order valence-corrected chi connectivity index (χ1v) is 9.97. The van der Waals surface area contributed by atoms with Crippen LogP contribution in [0.3, 0.4) is 0 Å². The summed E-state index contributed by atoms with van der Waals surface area (Å²) >= 11 is 0. The molecule has 172 valence electrons. The minimum atomic E-state index is -4.33. The van der Waals surface area contributed by atoms with E-state index >= 15 is 0 Å². The molecule has 30 heavy (non-hydrogen) atoms. The second-order valence-corrected chi connectivity index (χ2v) is 6.71. The zero-order chi connectivity index (χ0) is 21.1. The van der Waals surface area contributed by atoms with Crippen LogP contribution in [0.25, 0.3) is 0 Å². The summed E-state index contributed by atoms with van der Waals surface area (Å²) in [6, 6.07) is 5.32. The summed E-state index contributed by atoms with van der Waals surface area (Å²) in [6.07, 6.45) is -3.47. The van der Waals surface area contributed by atoms with Crippen molar-refractivity contribution in [1.82, 2.24) is 15.5 Å². The lowest BCUT2D eigenvalue weighted by molar-refractivity contribution is -0.137. The summed E-state index contributed by atoms with van der Waals surface area (Å²) < 4.78 is 49.4. The average molecular weight is 544 g/mol. The van der Waals surface area contributed by atoms with Crippen LogP contribution in [0.2, 0.25) is 0 Å². The molecule has 0 saturated carbocycles. The number of hydrogen-bond donors (Lipinski definition) is 2. The number of nitrogens with zero attached hydrogens (tertiary/aromatic N) is 2. The van der Waals surface area contributed by atoms with Crippen molar-refractivity contribution in [1.29, 1.82) is 0 Å². The van der Waals surface area contributed by atoms with Gasteiger partial charge < -0.3 is 20.1 Å². The lowest BCUT2D eigenvalue weighted by Gasteiger charge is -2.35. The molecule has 0 radical (unpaired) electrons. The van der Waals surface area contributed by atoms with Gasteiger partial charge in [-0.25, -0.2) is 0 Å². The summed E-state index contributed by atoms with van der Waals surface area (Å²) in [5.74, 6) is 0.659. The lowest BCUT2D eigenvalue weighted by atomic mass is 10.0. The minimum Gasteiger partial charge on any atom is -0.382 e. The maximum Gasteiger partial charge on any atom is 0.416 e. The van der Waals surface area contributed by atoms with E-state index in [-0.39, 0.29) is 30.0 Å². The third-order valence-corrected chi connectivity index (χ3v) is 4.76. The molecule has 0 spiro atoms. The van der Waals surface area contributed by atoms with Crippen molar-refractivity contribution >= 4 is 29.9 Å². The highest BCUT2D eigenvalue weighted by molar-refractivity contribution is 14.0. The maximum absolute atomic E-state index is 12.9. The molecule has 1 atom stereocenters. The van der Waals surface area contributed by atoms with Crippen molar-refractivity contribution in [3.05, 3.63) is 35.4 Å². The minimum absolute atomic E-state index is 0. The van der Waals surface area contributed by atoms with Gasteiger partial charge in [-0.1, -0.05) is 12.1 Å². The van der Waals surface area contributed by atoms with Crippen LogP contribution < -0.4 is 10.6 Å². The zero-order valence-electron chi connectivity index (χ0n) is 17.5. The van der Waals surface area contributed by atoms with Gasteiger partial charge >= 0.3 is 6.18 Å². The van der Waals surface area contributed by atoms with Crippen LogP contribution in [0.1, 0.15) is 30.5 Å². The summed E-state index contributed by atoms with van der Waals surface area (Å²) in [5, 5.41) is 6.53. The van der Waals surface area contributed by atoms with Gasteiger partial charge in [0.2, 0.25) is 0 Å². The molecule has 1 fully saturated rings. The molecule has 10 heteroatoms. The molecule has 1 saturated heterocycles. The summed E-state index contributed by atoms with van der Waals surface area (Å²) in [6.45, 7) is 7.27. The molecule has 0 bridgehead atoms. The Bertz CT molecular complexity index is 623. The third kappa shape index (κ3) is 8.94. The zero-order valence-corrected chi connectivity index (χ0v) is 19.8. The van der Waals surface area contributed by atoms with Crippen LogP contribution in [-0.4, -0.2) is 70.5 Å². The first kappa shape index (κ1) is 26.9. The number of halogens is 4. The highest BCUT2D eigenvalue weighted by Crippen LogP contribution is 2.31. The Morgan fingerprint density at radius 3 is 2.43 bits per heavy atom. The predicted octanol–water partition coefficient (Wildman–Crippen LogP) is 3.29. The smallest absolute Gasteiger partial charge is 0.382 e. The Labute approximate surface area is 193 Å². The Hall–Kier alpha value is -1.11. The Kier molecular flexibility index (Phi) is 12.6. The van der Waals surface area contributed by atoms with Crippen LogP contribution in [0.5, 0.6) is 0 Å². The van der Waals surface area contributed by atoms with Crippen LogP contribution in [-0.2, 0) is 15.7 Å². The second-order valence-electron chi connectivity index (χ2n) is 6.71. The van der Waals surface area contributed by atoms with Gasteiger partial charge in [0, 0.05) is 46.4 Å². The van der Waals surface area contributed by atoms with E-state index < -0.39 is 11.7 Å². The third-order valence-electron chi connectivity index (χ3n) is 4.76. The first-order chi connectivity index (χ1) is 14.0. The molecule has 6 nitrogen and oxygen atoms in total. The van der Waals surface area contributed by atoms with E-state index in [1.165, 1.54) is 0 Å². The molecular weight excluding hydrogens is 512 g/mol. The van der Waals surface area contributed by atoms with Crippen molar-refractivity contribution in [2.75, 3.05) is 59.7 Å². The molecule has 1 aliphatic heterocycles. The average Bonchev–Trinajstić information content (AvgIpc) is 2.72.